The topological polar surface area (TPSA) is 86.7 Å². The molecule has 0 aliphatic heterocycles. The van der Waals surface area contributed by atoms with Crippen LogP contribution in [0.1, 0.15) is 77.5 Å². The maximum Gasteiger partial charge on any atom is 0.269 e. The van der Waals surface area contributed by atoms with Crippen molar-refractivity contribution >= 4 is 17.7 Å². The van der Waals surface area contributed by atoms with E-state index in [2.05, 4.69) is 35.7 Å². The van der Waals surface area contributed by atoms with Crippen LogP contribution in [-0.2, 0) is 19.4 Å². The van der Waals surface area contributed by atoms with Gasteiger partial charge in [-0.3, -0.25) is 14.9 Å². The van der Waals surface area contributed by atoms with Crippen molar-refractivity contribution in [1.82, 2.24) is 4.57 Å². The van der Waals surface area contributed by atoms with Crippen LogP contribution in [0, 0.1) is 17.0 Å². The van der Waals surface area contributed by atoms with E-state index in [1.54, 1.807) is 18.3 Å². The number of oxime groups is 1. The molecule has 0 aliphatic rings. The molecule has 0 saturated heterocycles. The molecule has 0 N–H and O–H groups in total. The predicted molar refractivity (Wildman–Crippen MR) is 163 cm³/mol. The van der Waals surface area contributed by atoms with Gasteiger partial charge in [-0.25, -0.2) is 0 Å². The predicted octanol–water partition coefficient (Wildman–Crippen LogP) is 8.08. The number of aryl methyl sites for hydroxylation is 3. The molecule has 1 heterocycles. The van der Waals surface area contributed by atoms with E-state index in [9.17, 15) is 14.9 Å². The number of benzene rings is 3. The van der Waals surface area contributed by atoms with Crippen LogP contribution in [0.5, 0.6) is 5.75 Å². The molecule has 41 heavy (non-hydrogen) atoms. The number of carbonyl (C=O) groups excluding carboxylic acids is 1. The summed E-state index contributed by atoms with van der Waals surface area (Å²) in [4.78, 5) is 29.8. The van der Waals surface area contributed by atoms with Crippen LogP contribution in [0.3, 0.4) is 0 Å². The highest BCUT2D eigenvalue weighted by atomic mass is 16.6. The zero-order valence-corrected chi connectivity index (χ0v) is 24.0. The lowest BCUT2D eigenvalue weighted by Crippen LogP contribution is -2.12. The summed E-state index contributed by atoms with van der Waals surface area (Å²) in [5.41, 5.74) is 6.06. The van der Waals surface area contributed by atoms with Crippen LogP contribution in [0.4, 0.5) is 5.69 Å². The van der Waals surface area contributed by atoms with Gasteiger partial charge in [0.15, 0.2) is 11.5 Å². The van der Waals surface area contributed by atoms with E-state index in [1.807, 2.05) is 61.5 Å². The number of Topliss-reactive ketones (excluding diaryl/α,β-unsaturated/α-hetero) is 1. The number of rotatable bonds is 14. The Hall–Kier alpha value is -4.52. The van der Waals surface area contributed by atoms with Crippen LogP contribution in [0.2, 0.25) is 0 Å². The molecule has 0 spiro atoms. The van der Waals surface area contributed by atoms with Crippen molar-refractivity contribution < 1.29 is 14.6 Å². The monoisotopic (exact) mass is 551 g/mol. The van der Waals surface area contributed by atoms with Gasteiger partial charge in [0.25, 0.3) is 5.69 Å². The average Bonchev–Trinajstić information content (AvgIpc) is 3.33. The number of carbonyl (C=O) groups is 1. The standard InChI is InChI=1S/C34H37N3O4/c1-25(2)34-32(33(38)20-17-27-12-9-14-30(22-27)37(39)40)23-29(36(34)24-28-10-5-4-6-11-28)13-7-8-21-35-41-31-18-15-26(3)16-19-31/h4-6,9-12,14-16,18-19,21-23,25H,7-8,13,17,20,24H2,1-3H3/b35-21+. The van der Waals surface area contributed by atoms with Gasteiger partial charge < -0.3 is 9.40 Å². The molecule has 212 valence electrons. The van der Waals surface area contributed by atoms with Crippen molar-refractivity contribution in [2.45, 2.75) is 65.3 Å². The van der Waals surface area contributed by atoms with E-state index in [1.165, 1.54) is 17.2 Å². The van der Waals surface area contributed by atoms with Crippen molar-refractivity contribution in [1.29, 1.82) is 0 Å². The molecular weight excluding hydrogens is 514 g/mol. The summed E-state index contributed by atoms with van der Waals surface area (Å²) in [6.07, 6.45) is 4.93. The second-order valence-electron chi connectivity index (χ2n) is 10.6. The zero-order chi connectivity index (χ0) is 29.2. The maximum absolute atomic E-state index is 13.6. The van der Waals surface area contributed by atoms with Crippen molar-refractivity contribution in [2.24, 2.45) is 5.16 Å². The summed E-state index contributed by atoms with van der Waals surface area (Å²) in [7, 11) is 0. The molecule has 0 radical (unpaired) electrons. The number of nitro benzene ring substituents is 1. The number of aromatic nitrogens is 1. The molecule has 1 aromatic heterocycles. The molecule has 0 fully saturated rings. The van der Waals surface area contributed by atoms with E-state index in [-0.39, 0.29) is 17.4 Å². The first-order chi connectivity index (χ1) is 19.8. The number of hydrogen-bond acceptors (Lipinski definition) is 5. The maximum atomic E-state index is 13.6. The van der Waals surface area contributed by atoms with Gasteiger partial charge in [0.05, 0.1) is 4.92 Å². The minimum Gasteiger partial charge on any atom is -0.357 e. The van der Waals surface area contributed by atoms with Gasteiger partial charge in [0.2, 0.25) is 0 Å². The third-order valence-electron chi connectivity index (χ3n) is 7.04. The van der Waals surface area contributed by atoms with Crippen molar-refractivity contribution in [2.75, 3.05) is 0 Å². The molecule has 4 aromatic rings. The van der Waals surface area contributed by atoms with Crippen LogP contribution >= 0.6 is 0 Å². The normalized spacial score (nSPS) is 11.3. The molecule has 7 heteroatoms. The fraction of sp³-hybridized carbons (Fsp3) is 0.294. The highest BCUT2D eigenvalue weighted by molar-refractivity contribution is 5.98. The number of non-ortho nitro benzene ring substituents is 1. The van der Waals surface area contributed by atoms with Crippen LogP contribution in [-0.4, -0.2) is 21.5 Å². The lowest BCUT2D eigenvalue weighted by molar-refractivity contribution is -0.384. The lowest BCUT2D eigenvalue weighted by Gasteiger charge is -2.17. The molecule has 0 unspecified atom stereocenters. The van der Waals surface area contributed by atoms with E-state index in [0.29, 0.717) is 25.1 Å². The van der Waals surface area contributed by atoms with Gasteiger partial charge >= 0.3 is 0 Å². The van der Waals surface area contributed by atoms with Crippen molar-refractivity contribution in [3.8, 4) is 5.75 Å². The second-order valence-corrected chi connectivity index (χ2v) is 10.6. The zero-order valence-electron chi connectivity index (χ0n) is 24.0. The van der Waals surface area contributed by atoms with E-state index in [0.717, 1.165) is 41.8 Å². The molecule has 3 aromatic carbocycles. The Morgan fingerprint density at radius 2 is 1.71 bits per heavy atom. The van der Waals surface area contributed by atoms with Gasteiger partial charge in [-0.1, -0.05) is 79.2 Å². The number of nitro groups is 1. The Bertz CT molecular complexity index is 1490. The summed E-state index contributed by atoms with van der Waals surface area (Å²) in [5.74, 6) is 0.911. The molecule has 0 atom stereocenters. The highest BCUT2D eigenvalue weighted by Crippen LogP contribution is 2.28. The molecule has 0 bridgehead atoms. The Balaban J connectivity index is 1.50. The quantitative estimate of drug-likeness (QED) is 0.0521. The van der Waals surface area contributed by atoms with E-state index < -0.39 is 4.92 Å². The summed E-state index contributed by atoms with van der Waals surface area (Å²) >= 11 is 0. The van der Waals surface area contributed by atoms with E-state index >= 15 is 0 Å². The molecular formula is C34H37N3O4. The fourth-order valence-electron chi connectivity index (χ4n) is 4.97. The lowest BCUT2D eigenvalue weighted by atomic mass is 9.98. The fourth-order valence-corrected chi connectivity index (χ4v) is 4.97. The van der Waals surface area contributed by atoms with Crippen LogP contribution in [0.15, 0.2) is 90.1 Å². The van der Waals surface area contributed by atoms with Crippen LogP contribution < -0.4 is 4.84 Å². The number of hydrogen-bond donors (Lipinski definition) is 0. The number of unbranched alkanes of at least 4 members (excludes halogenated alkanes) is 1. The van der Waals surface area contributed by atoms with Gasteiger partial charge in [0, 0.05) is 48.3 Å². The van der Waals surface area contributed by atoms with Gasteiger partial charge in [-0.15, -0.1) is 0 Å². The Morgan fingerprint density at radius 1 is 0.976 bits per heavy atom. The summed E-state index contributed by atoms with van der Waals surface area (Å²) in [6, 6.07) is 26.6. The first kappa shape index (κ1) is 29.5. The molecule has 4 rings (SSSR count). The smallest absolute Gasteiger partial charge is 0.269 e. The largest absolute Gasteiger partial charge is 0.357 e. The summed E-state index contributed by atoms with van der Waals surface area (Å²) in [5, 5.41) is 15.3. The second kappa shape index (κ2) is 14.2. The van der Waals surface area contributed by atoms with Crippen molar-refractivity contribution in [3.63, 3.8) is 0 Å². The van der Waals surface area contributed by atoms with Crippen molar-refractivity contribution in [3.05, 3.63) is 129 Å². The minimum absolute atomic E-state index is 0.0434. The average molecular weight is 552 g/mol. The molecule has 7 nitrogen and oxygen atoms in total. The van der Waals surface area contributed by atoms with Gasteiger partial charge in [-0.2, -0.15) is 0 Å². The summed E-state index contributed by atoms with van der Waals surface area (Å²) < 4.78 is 2.29. The van der Waals surface area contributed by atoms with Crippen LogP contribution in [0.25, 0.3) is 0 Å². The third-order valence-corrected chi connectivity index (χ3v) is 7.04. The molecule has 0 aliphatic carbocycles. The summed E-state index contributed by atoms with van der Waals surface area (Å²) in [6.45, 7) is 6.95. The first-order valence-electron chi connectivity index (χ1n) is 14.1. The molecule has 0 saturated carbocycles. The third kappa shape index (κ3) is 8.24. The SMILES string of the molecule is Cc1ccc(O/N=C/CCCc2cc(C(=O)CCc3cccc([N+](=O)[O-])c3)c(C(C)C)n2Cc2ccccc2)cc1. The first-order valence-corrected chi connectivity index (χ1v) is 14.1. The Morgan fingerprint density at radius 3 is 2.41 bits per heavy atom. The van der Waals surface area contributed by atoms with E-state index in [4.69, 9.17) is 4.84 Å². The Labute approximate surface area is 241 Å². The van der Waals surface area contributed by atoms with Gasteiger partial charge in [-0.05, 0) is 67.9 Å². The highest BCUT2D eigenvalue weighted by Gasteiger charge is 2.22. The minimum atomic E-state index is -0.405. The van der Waals surface area contributed by atoms with Gasteiger partial charge in [0.1, 0.15) is 0 Å². The molecule has 0 amide bonds. The number of nitrogens with zero attached hydrogens (tertiary/aromatic N) is 3. The number of ketones is 1. The Kier molecular flexibility index (Phi) is 10.2.